The van der Waals surface area contributed by atoms with Crippen molar-refractivity contribution in [1.29, 1.82) is 0 Å². The van der Waals surface area contributed by atoms with Crippen LogP contribution in [0, 0.1) is 18.7 Å². The van der Waals surface area contributed by atoms with Gasteiger partial charge in [0.05, 0.1) is 6.54 Å². The van der Waals surface area contributed by atoms with Crippen LogP contribution >= 0.6 is 0 Å². The highest BCUT2D eigenvalue weighted by Gasteiger charge is 2.43. The molecule has 1 aliphatic rings. The van der Waals surface area contributed by atoms with Gasteiger partial charge in [0.1, 0.15) is 5.82 Å². The van der Waals surface area contributed by atoms with E-state index in [4.69, 9.17) is 4.52 Å². The molecule has 1 saturated carbocycles. The fourth-order valence-electron chi connectivity index (χ4n) is 2.30. The molecule has 0 aliphatic heterocycles. The molecule has 104 valence electrons. The van der Waals surface area contributed by atoms with Gasteiger partial charge in [-0.2, -0.15) is 4.98 Å². The number of nitrogens with one attached hydrogen (secondary N) is 1. The Morgan fingerprint density at radius 1 is 1.55 bits per heavy atom. The zero-order valence-corrected chi connectivity index (χ0v) is 11.0. The average Bonchev–Trinajstić information content (AvgIpc) is 3.13. The summed E-state index contributed by atoms with van der Waals surface area (Å²) in [5, 5.41) is 6.41. The quantitative estimate of drug-likeness (QED) is 0.925. The van der Waals surface area contributed by atoms with Crippen molar-refractivity contribution in [3.8, 4) is 0 Å². The van der Waals surface area contributed by atoms with E-state index in [0.717, 1.165) is 12.0 Å². The lowest BCUT2D eigenvalue weighted by Gasteiger charge is -2.02. The minimum Gasteiger partial charge on any atom is -0.347 e. The van der Waals surface area contributed by atoms with Gasteiger partial charge in [0.25, 0.3) is 0 Å². The van der Waals surface area contributed by atoms with Gasteiger partial charge in [-0.05, 0) is 37.0 Å². The summed E-state index contributed by atoms with van der Waals surface area (Å²) in [5.41, 5.74) is 0.874. The number of benzene rings is 1. The van der Waals surface area contributed by atoms with E-state index in [-0.39, 0.29) is 30.1 Å². The highest BCUT2D eigenvalue weighted by atomic mass is 19.1. The Morgan fingerprint density at radius 2 is 2.40 bits per heavy atom. The first kappa shape index (κ1) is 12.8. The average molecular weight is 275 g/mol. The number of nitrogens with zero attached hydrogens (tertiary/aromatic N) is 2. The second kappa shape index (κ2) is 5.03. The van der Waals surface area contributed by atoms with E-state index >= 15 is 0 Å². The van der Waals surface area contributed by atoms with Crippen molar-refractivity contribution in [3.05, 3.63) is 47.4 Å². The molecule has 0 saturated heterocycles. The van der Waals surface area contributed by atoms with Crippen LogP contribution in [0.5, 0.6) is 0 Å². The third-order valence-corrected chi connectivity index (χ3v) is 3.39. The number of carbonyl (C=O) groups is 1. The lowest BCUT2D eigenvalue weighted by Crippen LogP contribution is -2.25. The number of hydrogen-bond donors (Lipinski definition) is 1. The van der Waals surface area contributed by atoms with Crippen molar-refractivity contribution in [2.45, 2.75) is 25.8 Å². The highest BCUT2D eigenvalue weighted by molar-refractivity contribution is 5.82. The molecule has 1 fully saturated rings. The maximum Gasteiger partial charge on any atom is 0.246 e. The molecule has 1 N–H and O–H groups in total. The molecule has 1 aliphatic carbocycles. The maximum absolute atomic E-state index is 13.1. The summed E-state index contributed by atoms with van der Waals surface area (Å²) < 4.78 is 18.0. The molecule has 5 nitrogen and oxygen atoms in total. The monoisotopic (exact) mass is 275 g/mol. The zero-order valence-electron chi connectivity index (χ0n) is 11.0. The topological polar surface area (TPSA) is 68.0 Å². The van der Waals surface area contributed by atoms with Gasteiger partial charge >= 0.3 is 0 Å². The summed E-state index contributed by atoms with van der Waals surface area (Å²) in [5.74, 6) is 0.609. The first-order valence-corrected chi connectivity index (χ1v) is 6.46. The van der Waals surface area contributed by atoms with Crippen LogP contribution in [0.4, 0.5) is 4.39 Å². The van der Waals surface area contributed by atoms with Crippen LogP contribution in [0.1, 0.15) is 29.6 Å². The van der Waals surface area contributed by atoms with Gasteiger partial charge in [0, 0.05) is 5.92 Å². The predicted molar refractivity (Wildman–Crippen MR) is 68.1 cm³/mol. The molecule has 0 radical (unpaired) electrons. The van der Waals surface area contributed by atoms with E-state index in [0.29, 0.717) is 11.7 Å². The molecule has 0 unspecified atom stereocenters. The third-order valence-electron chi connectivity index (χ3n) is 3.39. The SMILES string of the molecule is Cc1noc(CNC(=O)[C@@H]2C[C@H]2c2cccc(F)c2)n1. The number of halogens is 1. The highest BCUT2D eigenvalue weighted by Crippen LogP contribution is 2.47. The van der Waals surface area contributed by atoms with Gasteiger partial charge in [-0.15, -0.1) is 0 Å². The van der Waals surface area contributed by atoms with Crippen LogP contribution in [0.15, 0.2) is 28.8 Å². The maximum atomic E-state index is 13.1. The molecule has 20 heavy (non-hydrogen) atoms. The summed E-state index contributed by atoms with van der Waals surface area (Å²) in [7, 11) is 0. The predicted octanol–water partition coefficient (Wildman–Crippen LogP) is 1.94. The van der Waals surface area contributed by atoms with Crippen LogP contribution in [-0.2, 0) is 11.3 Å². The minimum atomic E-state index is -0.269. The van der Waals surface area contributed by atoms with Crippen LogP contribution in [-0.4, -0.2) is 16.0 Å². The number of aryl methyl sites for hydroxylation is 1. The smallest absolute Gasteiger partial charge is 0.246 e. The molecule has 0 bridgehead atoms. The number of amides is 1. The number of rotatable bonds is 4. The zero-order chi connectivity index (χ0) is 14.1. The van der Waals surface area contributed by atoms with Crippen LogP contribution in [0.2, 0.25) is 0 Å². The molecule has 2 aromatic rings. The van der Waals surface area contributed by atoms with Crippen LogP contribution in [0.25, 0.3) is 0 Å². The van der Waals surface area contributed by atoms with Gasteiger partial charge in [0.15, 0.2) is 5.82 Å². The van der Waals surface area contributed by atoms with E-state index in [2.05, 4.69) is 15.5 Å². The van der Waals surface area contributed by atoms with Crippen molar-refractivity contribution in [2.24, 2.45) is 5.92 Å². The molecule has 3 rings (SSSR count). The fraction of sp³-hybridized carbons (Fsp3) is 0.357. The van der Waals surface area contributed by atoms with Gasteiger partial charge in [-0.3, -0.25) is 4.79 Å². The van der Waals surface area contributed by atoms with Gasteiger partial charge in [-0.1, -0.05) is 17.3 Å². The first-order chi connectivity index (χ1) is 9.63. The second-order valence-corrected chi connectivity index (χ2v) is 4.96. The van der Waals surface area contributed by atoms with Gasteiger partial charge < -0.3 is 9.84 Å². The molecule has 1 aromatic carbocycles. The lowest BCUT2D eigenvalue weighted by atomic mass is 10.1. The number of aromatic nitrogens is 2. The molecule has 1 amide bonds. The third kappa shape index (κ3) is 2.68. The van der Waals surface area contributed by atoms with Crippen molar-refractivity contribution < 1.29 is 13.7 Å². The van der Waals surface area contributed by atoms with E-state index in [9.17, 15) is 9.18 Å². The molecule has 2 atom stereocenters. The lowest BCUT2D eigenvalue weighted by molar-refractivity contribution is -0.122. The number of carbonyl (C=O) groups excluding carboxylic acids is 1. The summed E-state index contributed by atoms with van der Waals surface area (Å²) >= 11 is 0. The van der Waals surface area contributed by atoms with Gasteiger partial charge in [0.2, 0.25) is 11.8 Å². The van der Waals surface area contributed by atoms with E-state index in [1.54, 1.807) is 13.0 Å². The van der Waals surface area contributed by atoms with Crippen molar-refractivity contribution in [1.82, 2.24) is 15.5 Å². The Labute approximate surface area is 115 Å². The first-order valence-electron chi connectivity index (χ1n) is 6.46. The van der Waals surface area contributed by atoms with Crippen molar-refractivity contribution in [2.75, 3.05) is 0 Å². The molecule has 0 spiro atoms. The Balaban J connectivity index is 1.55. The molecular weight excluding hydrogens is 261 g/mol. The van der Waals surface area contributed by atoms with Crippen LogP contribution in [0.3, 0.4) is 0 Å². The summed E-state index contributed by atoms with van der Waals surface area (Å²) in [6.07, 6.45) is 0.748. The Morgan fingerprint density at radius 3 is 3.10 bits per heavy atom. The Kier molecular flexibility index (Phi) is 3.22. The largest absolute Gasteiger partial charge is 0.347 e. The molecule has 1 aromatic heterocycles. The summed E-state index contributed by atoms with van der Waals surface area (Å²) in [6.45, 7) is 1.95. The van der Waals surface area contributed by atoms with Crippen molar-refractivity contribution in [3.63, 3.8) is 0 Å². The number of hydrogen-bond acceptors (Lipinski definition) is 4. The molecular formula is C14H14FN3O2. The summed E-state index contributed by atoms with van der Waals surface area (Å²) in [4.78, 5) is 16.0. The van der Waals surface area contributed by atoms with E-state index in [1.807, 2.05) is 6.07 Å². The standard InChI is InChI=1S/C14H14FN3O2/c1-8-17-13(20-18-8)7-16-14(19)12-6-11(12)9-3-2-4-10(15)5-9/h2-5,11-12H,6-7H2,1H3,(H,16,19)/t11-,12+/m0/s1. The second-order valence-electron chi connectivity index (χ2n) is 4.96. The van der Waals surface area contributed by atoms with E-state index in [1.165, 1.54) is 12.1 Å². The Hall–Kier alpha value is -2.24. The van der Waals surface area contributed by atoms with Gasteiger partial charge in [-0.25, -0.2) is 4.39 Å². The Bertz CT molecular complexity index is 641. The normalized spacial score (nSPS) is 20.7. The van der Waals surface area contributed by atoms with E-state index < -0.39 is 0 Å². The molecule has 6 heteroatoms. The molecule has 1 heterocycles. The summed E-state index contributed by atoms with van der Waals surface area (Å²) in [6, 6.07) is 6.40. The van der Waals surface area contributed by atoms with Crippen LogP contribution < -0.4 is 5.32 Å². The van der Waals surface area contributed by atoms with Crippen molar-refractivity contribution >= 4 is 5.91 Å². The fourth-order valence-corrected chi connectivity index (χ4v) is 2.30. The minimum absolute atomic E-state index is 0.0601.